The van der Waals surface area contributed by atoms with Gasteiger partial charge in [0.1, 0.15) is 0 Å². The van der Waals surface area contributed by atoms with Crippen LogP contribution in [0.25, 0.3) is 0 Å². The quantitative estimate of drug-likeness (QED) is 0.776. The van der Waals surface area contributed by atoms with Crippen LogP contribution in [-0.2, 0) is 17.9 Å². The molecule has 0 aromatic heterocycles. The summed E-state index contributed by atoms with van der Waals surface area (Å²) in [7, 11) is 0. The van der Waals surface area contributed by atoms with Crippen molar-refractivity contribution in [3.8, 4) is 0 Å². The highest BCUT2D eigenvalue weighted by atomic mass is 16.5. The molecule has 0 radical (unpaired) electrons. The van der Waals surface area contributed by atoms with Crippen LogP contribution in [0.2, 0.25) is 0 Å². The second kappa shape index (κ2) is 8.43. The molecule has 1 fully saturated rings. The molecule has 0 heterocycles. The highest BCUT2D eigenvalue weighted by molar-refractivity contribution is 5.22. The first-order valence-electron chi connectivity index (χ1n) is 8.17. The van der Waals surface area contributed by atoms with Crippen LogP contribution >= 0.6 is 0 Å². The van der Waals surface area contributed by atoms with E-state index < -0.39 is 0 Å². The first kappa shape index (κ1) is 15.5. The predicted octanol–water partition coefficient (Wildman–Crippen LogP) is 4.42. The molecule has 1 aromatic rings. The summed E-state index contributed by atoms with van der Waals surface area (Å²) in [5.41, 5.74) is 2.64. The Morgan fingerprint density at radius 1 is 1.00 bits per heavy atom. The summed E-state index contributed by atoms with van der Waals surface area (Å²) >= 11 is 0. The van der Waals surface area contributed by atoms with Crippen LogP contribution in [0, 0.1) is 0 Å². The minimum atomic E-state index is 0.486. The van der Waals surface area contributed by atoms with Gasteiger partial charge in [-0.1, -0.05) is 63.8 Å². The number of rotatable bonds is 6. The van der Waals surface area contributed by atoms with Gasteiger partial charge in [0.15, 0.2) is 0 Å². The maximum absolute atomic E-state index is 6.07. The smallest absolute Gasteiger partial charge is 0.0720 e. The van der Waals surface area contributed by atoms with Gasteiger partial charge in [-0.15, -0.1) is 0 Å². The molecule has 0 saturated heterocycles. The molecule has 0 unspecified atom stereocenters. The van der Waals surface area contributed by atoms with Crippen molar-refractivity contribution in [3.63, 3.8) is 0 Å². The number of ether oxygens (including phenoxy) is 1. The first-order valence-corrected chi connectivity index (χ1v) is 8.17. The van der Waals surface area contributed by atoms with E-state index in [1.807, 2.05) is 0 Å². The van der Waals surface area contributed by atoms with Gasteiger partial charge in [-0.2, -0.15) is 0 Å². The molecule has 0 aliphatic heterocycles. The Morgan fingerprint density at radius 2 is 1.60 bits per heavy atom. The minimum absolute atomic E-state index is 0.486. The molecule has 1 N–H and O–H groups in total. The van der Waals surface area contributed by atoms with E-state index in [0.717, 1.165) is 13.2 Å². The SMILES string of the molecule is CC(C)NCc1ccc(COC2CCCCCC2)cc1. The van der Waals surface area contributed by atoms with E-state index in [0.29, 0.717) is 12.1 Å². The molecule has 1 saturated carbocycles. The van der Waals surface area contributed by atoms with Crippen molar-refractivity contribution in [3.05, 3.63) is 35.4 Å². The van der Waals surface area contributed by atoms with Gasteiger partial charge < -0.3 is 10.1 Å². The van der Waals surface area contributed by atoms with Crippen LogP contribution in [0.1, 0.15) is 63.5 Å². The van der Waals surface area contributed by atoms with E-state index in [-0.39, 0.29) is 0 Å². The molecule has 112 valence electrons. The third kappa shape index (κ3) is 5.64. The van der Waals surface area contributed by atoms with Crippen molar-refractivity contribution in [2.75, 3.05) is 0 Å². The van der Waals surface area contributed by atoms with Crippen molar-refractivity contribution >= 4 is 0 Å². The normalized spacial score (nSPS) is 17.4. The third-order valence-corrected chi connectivity index (χ3v) is 4.03. The molecule has 0 spiro atoms. The Bertz CT molecular complexity index is 364. The van der Waals surface area contributed by atoms with Gasteiger partial charge in [0, 0.05) is 12.6 Å². The second-order valence-corrected chi connectivity index (χ2v) is 6.28. The zero-order chi connectivity index (χ0) is 14.2. The van der Waals surface area contributed by atoms with Gasteiger partial charge in [0.25, 0.3) is 0 Å². The Hall–Kier alpha value is -0.860. The highest BCUT2D eigenvalue weighted by Gasteiger charge is 2.12. The summed E-state index contributed by atoms with van der Waals surface area (Å²) in [5.74, 6) is 0. The van der Waals surface area contributed by atoms with Crippen molar-refractivity contribution in [2.45, 2.75) is 77.7 Å². The van der Waals surface area contributed by atoms with Gasteiger partial charge in [0.05, 0.1) is 12.7 Å². The van der Waals surface area contributed by atoms with Crippen LogP contribution in [0.4, 0.5) is 0 Å². The number of nitrogens with one attached hydrogen (secondary N) is 1. The van der Waals surface area contributed by atoms with Crippen LogP contribution < -0.4 is 5.32 Å². The Balaban J connectivity index is 1.75. The summed E-state index contributed by atoms with van der Waals surface area (Å²) in [5, 5.41) is 3.44. The van der Waals surface area contributed by atoms with Gasteiger partial charge >= 0.3 is 0 Å². The lowest BCUT2D eigenvalue weighted by Gasteiger charge is -2.15. The Labute approximate surface area is 123 Å². The van der Waals surface area contributed by atoms with E-state index in [9.17, 15) is 0 Å². The van der Waals surface area contributed by atoms with Crippen LogP contribution in [0.15, 0.2) is 24.3 Å². The van der Waals surface area contributed by atoms with E-state index in [4.69, 9.17) is 4.74 Å². The monoisotopic (exact) mass is 275 g/mol. The molecule has 2 heteroatoms. The predicted molar refractivity (Wildman–Crippen MR) is 84.7 cm³/mol. The van der Waals surface area contributed by atoms with E-state index in [1.165, 1.54) is 49.7 Å². The third-order valence-electron chi connectivity index (χ3n) is 4.03. The van der Waals surface area contributed by atoms with Gasteiger partial charge in [0.2, 0.25) is 0 Å². The average Bonchev–Trinajstić information content (AvgIpc) is 2.72. The van der Waals surface area contributed by atoms with Crippen molar-refractivity contribution in [1.29, 1.82) is 0 Å². The molecule has 20 heavy (non-hydrogen) atoms. The molecule has 2 nitrogen and oxygen atoms in total. The summed E-state index contributed by atoms with van der Waals surface area (Å²) in [6.07, 6.45) is 8.43. The van der Waals surface area contributed by atoms with Crippen molar-refractivity contribution < 1.29 is 4.74 Å². The van der Waals surface area contributed by atoms with Gasteiger partial charge in [-0.05, 0) is 24.0 Å². The minimum Gasteiger partial charge on any atom is -0.374 e. The maximum Gasteiger partial charge on any atom is 0.0720 e. The summed E-state index contributed by atoms with van der Waals surface area (Å²) in [6, 6.07) is 9.36. The van der Waals surface area contributed by atoms with Crippen LogP contribution in [0.3, 0.4) is 0 Å². The lowest BCUT2D eigenvalue weighted by atomic mass is 10.1. The molecule has 1 aliphatic rings. The topological polar surface area (TPSA) is 21.3 Å². The summed E-state index contributed by atoms with van der Waals surface area (Å²) in [4.78, 5) is 0. The van der Waals surface area contributed by atoms with E-state index in [1.54, 1.807) is 0 Å². The Kier molecular flexibility index (Phi) is 6.55. The van der Waals surface area contributed by atoms with Gasteiger partial charge in [-0.25, -0.2) is 0 Å². The lowest BCUT2D eigenvalue weighted by molar-refractivity contribution is 0.0310. The second-order valence-electron chi connectivity index (χ2n) is 6.28. The molecule has 0 bridgehead atoms. The number of hydrogen-bond donors (Lipinski definition) is 1. The average molecular weight is 275 g/mol. The standard InChI is InChI=1S/C18H29NO/c1-15(2)19-13-16-9-11-17(12-10-16)14-20-18-7-5-3-4-6-8-18/h9-12,15,18-19H,3-8,13-14H2,1-2H3. The van der Waals surface area contributed by atoms with E-state index in [2.05, 4.69) is 43.4 Å². The fourth-order valence-corrected chi connectivity index (χ4v) is 2.70. The molecule has 1 aromatic carbocycles. The zero-order valence-electron chi connectivity index (χ0n) is 13.0. The summed E-state index contributed by atoms with van der Waals surface area (Å²) < 4.78 is 6.07. The molecule has 0 amide bonds. The molecular weight excluding hydrogens is 246 g/mol. The lowest BCUT2D eigenvalue weighted by Crippen LogP contribution is -2.21. The first-order chi connectivity index (χ1) is 9.74. The highest BCUT2D eigenvalue weighted by Crippen LogP contribution is 2.21. The fraction of sp³-hybridized carbons (Fsp3) is 0.667. The number of benzene rings is 1. The van der Waals surface area contributed by atoms with Crippen molar-refractivity contribution in [1.82, 2.24) is 5.32 Å². The van der Waals surface area contributed by atoms with Gasteiger partial charge in [-0.3, -0.25) is 0 Å². The van der Waals surface area contributed by atoms with Crippen LogP contribution in [-0.4, -0.2) is 12.1 Å². The molecule has 1 aliphatic carbocycles. The molecular formula is C18H29NO. The summed E-state index contributed by atoms with van der Waals surface area (Å²) in [6.45, 7) is 6.06. The fourth-order valence-electron chi connectivity index (χ4n) is 2.70. The largest absolute Gasteiger partial charge is 0.374 e. The van der Waals surface area contributed by atoms with E-state index >= 15 is 0 Å². The van der Waals surface area contributed by atoms with Crippen molar-refractivity contribution in [2.24, 2.45) is 0 Å². The molecule has 0 atom stereocenters. The van der Waals surface area contributed by atoms with Crippen LogP contribution in [0.5, 0.6) is 0 Å². The number of hydrogen-bond acceptors (Lipinski definition) is 2. The zero-order valence-corrected chi connectivity index (χ0v) is 13.0. The Morgan fingerprint density at radius 3 is 2.20 bits per heavy atom. The maximum atomic E-state index is 6.07. The molecule has 2 rings (SSSR count).